The lowest BCUT2D eigenvalue weighted by molar-refractivity contribution is 0.191. The number of carbonyl (C=O) groups is 1. The second kappa shape index (κ2) is 9.28. The lowest BCUT2D eigenvalue weighted by Crippen LogP contribution is -2.54. The van der Waals surface area contributed by atoms with E-state index in [9.17, 15) is 4.79 Å². The normalized spacial score (nSPS) is 11.3. The average Bonchev–Trinajstić information content (AvgIpc) is 3.29. The van der Waals surface area contributed by atoms with E-state index < -0.39 is 11.6 Å². The van der Waals surface area contributed by atoms with Crippen LogP contribution in [0.3, 0.4) is 0 Å². The number of hydrazine groups is 1. The van der Waals surface area contributed by atoms with Crippen LogP contribution in [0, 0.1) is 0 Å². The first-order valence-corrected chi connectivity index (χ1v) is 11.5. The van der Waals surface area contributed by atoms with Crippen molar-refractivity contribution in [3.8, 4) is 5.75 Å². The minimum Gasteiger partial charge on any atom is -0.408 e. The van der Waals surface area contributed by atoms with Crippen LogP contribution in [-0.2, 0) is 5.54 Å². The number of hydrogen-bond donors (Lipinski definition) is 2. The fourth-order valence-corrected chi connectivity index (χ4v) is 4.95. The third-order valence-corrected chi connectivity index (χ3v) is 6.56. The van der Waals surface area contributed by atoms with Crippen LogP contribution in [0.2, 0.25) is 0 Å². The topological polar surface area (TPSA) is 50.4 Å². The van der Waals surface area contributed by atoms with Gasteiger partial charge in [0.15, 0.2) is 5.75 Å². The molecule has 1 heterocycles. The van der Waals surface area contributed by atoms with Gasteiger partial charge in [0.1, 0.15) is 5.54 Å². The van der Waals surface area contributed by atoms with E-state index in [0.29, 0.717) is 5.75 Å². The Hall–Kier alpha value is -3.93. The largest absolute Gasteiger partial charge is 0.427 e. The molecule has 162 valence electrons. The summed E-state index contributed by atoms with van der Waals surface area (Å²) in [6.45, 7) is 0. The summed E-state index contributed by atoms with van der Waals surface area (Å²) in [6, 6.07) is 38.0. The van der Waals surface area contributed by atoms with Crippen molar-refractivity contribution in [3.05, 3.63) is 137 Å². The van der Waals surface area contributed by atoms with Crippen molar-refractivity contribution in [2.24, 2.45) is 0 Å². The SMILES string of the molecule is O=C(NNC(c1ccccc1)(c1ccccc1)c1ccccc1)Oc1csc2ccccc12. The van der Waals surface area contributed by atoms with Gasteiger partial charge in [-0.2, -0.15) is 0 Å². The molecule has 5 aromatic rings. The van der Waals surface area contributed by atoms with Crippen LogP contribution in [-0.4, -0.2) is 6.09 Å². The van der Waals surface area contributed by atoms with Gasteiger partial charge in [0.2, 0.25) is 0 Å². The Morgan fingerprint density at radius 2 is 1.15 bits per heavy atom. The van der Waals surface area contributed by atoms with Crippen LogP contribution in [0.15, 0.2) is 121 Å². The maximum absolute atomic E-state index is 12.9. The third kappa shape index (κ3) is 4.12. The highest BCUT2D eigenvalue weighted by atomic mass is 32.1. The fourth-order valence-electron chi connectivity index (χ4n) is 4.08. The van der Waals surface area contributed by atoms with Crippen molar-refractivity contribution < 1.29 is 9.53 Å². The Balaban J connectivity index is 1.51. The molecule has 0 radical (unpaired) electrons. The van der Waals surface area contributed by atoms with Crippen LogP contribution in [0.25, 0.3) is 10.1 Å². The standard InChI is InChI=1S/C28H22N2O2S/c31-27(32-25-20-33-26-19-11-10-18-24(25)26)29-30-28(21-12-4-1-5-13-21,22-14-6-2-7-15-22)23-16-8-3-9-17-23/h1-20,30H,(H,29,31). The molecular weight excluding hydrogens is 428 g/mol. The number of carbonyl (C=O) groups excluding carboxylic acids is 1. The van der Waals surface area contributed by atoms with Crippen LogP contribution in [0.4, 0.5) is 4.79 Å². The second-order valence-corrected chi connectivity index (χ2v) is 8.49. The molecule has 0 atom stereocenters. The highest BCUT2D eigenvalue weighted by molar-refractivity contribution is 7.17. The number of nitrogens with one attached hydrogen (secondary N) is 2. The summed E-state index contributed by atoms with van der Waals surface area (Å²) in [4.78, 5) is 12.9. The van der Waals surface area contributed by atoms with Gasteiger partial charge in [-0.15, -0.1) is 11.3 Å². The fraction of sp³-hybridized carbons (Fsp3) is 0.0357. The van der Waals surface area contributed by atoms with E-state index in [4.69, 9.17) is 4.74 Å². The Labute approximate surface area is 196 Å². The first-order valence-electron chi connectivity index (χ1n) is 10.7. The van der Waals surface area contributed by atoms with Gasteiger partial charge in [-0.05, 0) is 28.8 Å². The van der Waals surface area contributed by atoms with E-state index in [2.05, 4.69) is 10.9 Å². The highest BCUT2D eigenvalue weighted by Gasteiger charge is 2.36. The summed E-state index contributed by atoms with van der Waals surface area (Å²) in [7, 11) is 0. The van der Waals surface area contributed by atoms with E-state index in [-0.39, 0.29) is 0 Å². The minimum absolute atomic E-state index is 0.541. The number of rotatable bonds is 6. The van der Waals surface area contributed by atoms with Crippen molar-refractivity contribution >= 4 is 27.5 Å². The van der Waals surface area contributed by atoms with Crippen LogP contribution >= 0.6 is 11.3 Å². The molecule has 0 bridgehead atoms. The number of ether oxygens (including phenoxy) is 1. The summed E-state index contributed by atoms with van der Waals surface area (Å²) >= 11 is 1.54. The molecule has 1 aromatic heterocycles. The van der Waals surface area contributed by atoms with Gasteiger partial charge in [-0.25, -0.2) is 10.2 Å². The molecule has 5 rings (SSSR count). The Morgan fingerprint density at radius 3 is 1.70 bits per heavy atom. The van der Waals surface area contributed by atoms with Crippen molar-refractivity contribution in [1.29, 1.82) is 0 Å². The van der Waals surface area contributed by atoms with Crippen molar-refractivity contribution in [2.75, 3.05) is 0 Å². The van der Waals surface area contributed by atoms with Crippen molar-refractivity contribution in [3.63, 3.8) is 0 Å². The molecule has 1 amide bonds. The van der Waals surface area contributed by atoms with Crippen LogP contribution < -0.4 is 15.6 Å². The molecule has 4 nitrogen and oxygen atoms in total. The summed E-state index contributed by atoms with van der Waals surface area (Å²) in [5, 5.41) is 2.77. The predicted molar refractivity (Wildman–Crippen MR) is 133 cm³/mol. The van der Waals surface area contributed by atoms with Gasteiger partial charge >= 0.3 is 6.09 Å². The minimum atomic E-state index is -0.820. The van der Waals surface area contributed by atoms with Gasteiger partial charge in [-0.3, -0.25) is 5.43 Å². The molecule has 0 unspecified atom stereocenters. The number of amides is 1. The number of hydrogen-bond acceptors (Lipinski definition) is 4. The highest BCUT2D eigenvalue weighted by Crippen LogP contribution is 2.36. The zero-order chi connectivity index (χ0) is 22.5. The van der Waals surface area contributed by atoms with E-state index in [1.54, 1.807) is 11.3 Å². The van der Waals surface area contributed by atoms with Gasteiger partial charge in [0, 0.05) is 15.5 Å². The molecule has 4 aromatic carbocycles. The summed E-state index contributed by atoms with van der Waals surface area (Å²) in [5.41, 5.74) is 8.29. The maximum Gasteiger partial charge on any atom is 0.427 e. The van der Waals surface area contributed by atoms with Crippen molar-refractivity contribution in [2.45, 2.75) is 5.54 Å². The quantitative estimate of drug-likeness (QED) is 0.230. The monoisotopic (exact) mass is 450 g/mol. The molecular formula is C28H22N2O2S. The molecule has 0 aliphatic rings. The Kier molecular flexibility index (Phi) is 5.89. The molecule has 0 saturated carbocycles. The molecule has 0 fully saturated rings. The Morgan fingerprint density at radius 1 is 0.667 bits per heavy atom. The van der Waals surface area contributed by atoms with E-state index in [1.165, 1.54) is 0 Å². The van der Waals surface area contributed by atoms with Gasteiger partial charge in [-0.1, -0.05) is 103 Å². The number of benzene rings is 4. The van der Waals surface area contributed by atoms with E-state index >= 15 is 0 Å². The summed E-state index contributed by atoms with van der Waals surface area (Å²) in [5.74, 6) is 0.541. The van der Waals surface area contributed by atoms with Crippen LogP contribution in [0.1, 0.15) is 16.7 Å². The van der Waals surface area contributed by atoms with E-state index in [0.717, 1.165) is 26.8 Å². The third-order valence-electron chi connectivity index (χ3n) is 5.62. The lowest BCUT2D eigenvalue weighted by Gasteiger charge is -2.36. The molecule has 5 heteroatoms. The van der Waals surface area contributed by atoms with Gasteiger partial charge in [0.25, 0.3) is 0 Å². The smallest absolute Gasteiger partial charge is 0.408 e. The van der Waals surface area contributed by atoms with Gasteiger partial charge < -0.3 is 4.74 Å². The zero-order valence-corrected chi connectivity index (χ0v) is 18.6. The molecule has 0 saturated heterocycles. The first-order chi connectivity index (χ1) is 16.3. The first kappa shape index (κ1) is 20.9. The van der Waals surface area contributed by atoms with Gasteiger partial charge in [0.05, 0.1) is 0 Å². The lowest BCUT2D eigenvalue weighted by atomic mass is 9.77. The second-order valence-electron chi connectivity index (χ2n) is 7.58. The molecule has 0 aliphatic carbocycles. The van der Waals surface area contributed by atoms with Crippen molar-refractivity contribution in [1.82, 2.24) is 10.9 Å². The maximum atomic E-state index is 12.9. The molecule has 2 N–H and O–H groups in total. The number of fused-ring (bicyclic) bond motifs is 1. The molecule has 0 aliphatic heterocycles. The summed E-state index contributed by atoms with van der Waals surface area (Å²) < 4.78 is 6.74. The summed E-state index contributed by atoms with van der Waals surface area (Å²) in [6.07, 6.45) is -0.578. The number of thiophene rings is 1. The van der Waals surface area contributed by atoms with E-state index in [1.807, 2.05) is 121 Å². The predicted octanol–water partition coefficient (Wildman–Crippen LogP) is 6.49. The zero-order valence-electron chi connectivity index (χ0n) is 17.8. The van der Waals surface area contributed by atoms with Crippen LogP contribution in [0.5, 0.6) is 5.75 Å². The Bertz CT molecular complexity index is 1260. The molecule has 0 spiro atoms. The average molecular weight is 451 g/mol. The molecule has 33 heavy (non-hydrogen) atoms.